The van der Waals surface area contributed by atoms with E-state index in [9.17, 15) is 18.8 Å². The summed E-state index contributed by atoms with van der Waals surface area (Å²) in [5, 5.41) is 15.4. The molecule has 0 spiro atoms. The van der Waals surface area contributed by atoms with Crippen molar-refractivity contribution in [3.8, 4) is 5.69 Å². The number of hydrogen-bond acceptors (Lipinski definition) is 5. The molecule has 0 aliphatic carbocycles. The molecule has 2 aromatic rings. The Bertz CT molecular complexity index is 850. The zero-order chi connectivity index (χ0) is 18.7. The molecular weight excluding hydrogens is 343 g/mol. The summed E-state index contributed by atoms with van der Waals surface area (Å²) < 4.78 is 13.0. The Hall–Kier alpha value is -3.30. The van der Waals surface area contributed by atoms with Gasteiger partial charge in [0.15, 0.2) is 5.69 Å². The van der Waals surface area contributed by atoms with E-state index in [0.717, 1.165) is 0 Å². The van der Waals surface area contributed by atoms with Crippen LogP contribution in [0.15, 0.2) is 30.5 Å². The first-order valence-corrected chi connectivity index (χ1v) is 8.03. The van der Waals surface area contributed by atoms with E-state index in [1.165, 1.54) is 35.3 Å². The highest BCUT2D eigenvalue weighted by atomic mass is 19.1. The van der Waals surface area contributed by atoms with Gasteiger partial charge in [0.2, 0.25) is 0 Å². The summed E-state index contributed by atoms with van der Waals surface area (Å²) in [5.74, 6) is -1.40. The van der Waals surface area contributed by atoms with Gasteiger partial charge in [-0.15, -0.1) is 5.10 Å². The second kappa shape index (κ2) is 6.90. The van der Waals surface area contributed by atoms with E-state index in [1.807, 2.05) is 6.92 Å². The van der Waals surface area contributed by atoms with E-state index < -0.39 is 29.2 Å². The van der Waals surface area contributed by atoms with Crippen LogP contribution in [-0.4, -0.2) is 44.9 Å². The van der Waals surface area contributed by atoms with Crippen molar-refractivity contribution in [3.63, 3.8) is 0 Å². The summed E-state index contributed by atoms with van der Waals surface area (Å²) >= 11 is 0. The number of imide groups is 1. The summed E-state index contributed by atoms with van der Waals surface area (Å²) in [6.45, 7) is 1.80. The van der Waals surface area contributed by atoms with Gasteiger partial charge in [0.05, 0.1) is 18.4 Å². The molecule has 4 amide bonds. The maximum Gasteiger partial charge on any atom is 0.322 e. The summed E-state index contributed by atoms with van der Waals surface area (Å²) in [6.07, 6.45) is 2.29. The van der Waals surface area contributed by atoms with Crippen LogP contribution in [0.25, 0.3) is 5.69 Å². The van der Waals surface area contributed by atoms with Gasteiger partial charge < -0.3 is 10.6 Å². The Balaban J connectivity index is 1.69. The monoisotopic (exact) mass is 360 g/mol. The predicted octanol–water partition coefficient (Wildman–Crippen LogP) is 0.514. The van der Waals surface area contributed by atoms with Crippen molar-refractivity contribution >= 4 is 17.8 Å². The molecule has 1 atom stereocenters. The maximum atomic E-state index is 13.0. The summed E-state index contributed by atoms with van der Waals surface area (Å²) in [5.41, 5.74) is -0.643. The number of nitrogens with zero attached hydrogens (tertiary/aromatic N) is 3. The fourth-order valence-corrected chi connectivity index (χ4v) is 2.73. The Labute approximate surface area is 147 Å². The first kappa shape index (κ1) is 17.5. The van der Waals surface area contributed by atoms with Gasteiger partial charge in [-0.3, -0.25) is 14.9 Å². The van der Waals surface area contributed by atoms with Gasteiger partial charge in [0.25, 0.3) is 11.8 Å². The molecule has 1 aliphatic heterocycles. The number of urea groups is 1. The van der Waals surface area contributed by atoms with Crippen LogP contribution in [-0.2, 0) is 4.79 Å². The summed E-state index contributed by atoms with van der Waals surface area (Å²) in [7, 11) is 0. The van der Waals surface area contributed by atoms with E-state index in [0.29, 0.717) is 18.5 Å². The first-order valence-electron chi connectivity index (χ1n) is 8.03. The fourth-order valence-electron chi connectivity index (χ4n) is 2.73. The van der Waals surface area contributed by atoms with Gasteiger partial charge >= 0.3 is 6.03 Å². The second-order valence-electron chi connectivity index (χ2n) is 5.92. The molecule has 26 heavy (non-hydrogen) atoms. The zero-order valence-electron chi connectivity index (χ0n) is 14.0. The van der Waals surface area contributed by atoms with Crippen molar-refractivity contribution in [1.29, 1.82) is 0 Å². The van der Waals surface area contributed by atoms with Crippen LogP contribution in [0.1, 0.15) is 30.3 Å². The number of carbonyl (C=O) groups is 3. The number of rotatable bonds is 6. The molecule has 10 heteroatoms. The quantitative estimate of drug-likeness (QED) is 0.649. The lowest BCUT2D eigenvalue weighted by Crippen LogP contribution is -2.55. The molecule has 0 bridgehead atoms. The van der Waals surface area contributed by atoms with Gasteiger partial charge in [-0.1, -0.05) is 13.3 Å². The molecule has 1 aliphatic rings. The molecule has 136 valence electrons. The van der Waals surface area contributed by atoms with E-state index >= 15 is 0 Å². The van der Waals surface area contributed by atoms with E-state index in [2.05, 4.69) is 26.1 Å². The van der Waals surface area contributed by atoms with Gasteiger partial charge in [-0.05, 0) is 30.7 Å². The maximum absolute atomic E-state index is 13.0. The average molecular weight is 360 g/mol. The van der Waals surface area contributed by atoms with Crippen LogP contribution < -0.4 is 16.0 Å². The molecule has 1 saturated heterocycles. The van der Waals surface area contributed by atoms with Crippen LogP contribution in [0.5, 0.6) is 0 Å². The molecule has 3 N–H and O–H groups in total. The molecule has 1 aromatic carbocycles. The number of benzene rings is 1. The number of hydrogen-bond donors (Lipinski definition) is 3. The predicted molar refractivity (Wildman–Crippen MR) is 88.0 cm³/mol. The molecule has 9 nitrogen and oxygen atoms in total. The largest absolute Gasteiger partial charge is 0.348 e. The summed E-state index contributed by atoms with van der Waals surface area (Å²) in [4.78, 5) is 37.0. The van der Waals surface area contributed by atoms with Crippen LogP contribution >= 0.6 is 0 Å². The molecule has 1 aromatic heterocycles. The molecule has 3 rings (SSSR count). The SMILES string of the molecule is CCC[C@]1(CNC(=O)c2cnn(-c3ccc(F)cc3)n2)NC(=O)NC1=O. The normalized spacial score (nSPS) is 19.2. The minimum atomic E-state index is -1.17. The highest BCUT2D eigenvalue weighted by Crippen LogP contribution is 2.17. The van der Waals surface area contributed by atoms with Crippen molar-refractivity contribution in [2.75, 3.05) is 6.54 Å². The Morgan fingerprint density at radius 3 is 2.65 bits per heavy atom. The highest BCUT2D eigenvalue weighted by molar-refractivity contribution is 6.07. The highest BCUT2D eigenvalue weighted by Gasteiger charge is 2.45. The van der Waals surface area contributed by atoms with Crippen LogP contribution in [0.4, 0.5) is 9.18 Å². The van der Waals surface area contributed by atoms with Crippen molar-refractivity contribution in [1.82, 2.24) is 30.9 Å². The van der Waals surface area contributed by atoms with Gasteiger partial charge in [-0.2, -0.15) is 9.90 Å². The number of amides is 4. The van der Waals surface area contributed by atoms with E-state index in [4.69, 9.17) is 0 Å². The van der Waals surface area contributed by atoms with Gasteiger partial charge in [0.1, 0.15) is 11.4 Å². The number of aromatic nitrogens is 3. The molecule has 2 heterocycles. The molecule has 0 unspecified atom stereocenters. The minimum Gasteiger partial charge on any atom is -0.348 e. The lowest BCUT2D eigenvalue weighted by atomic mass is 9.94. The van der Waals surface area contributed by atoms with Gasteiger partial charge in [-0.25, -0.2) is 9.18 Å². The van der Waals surface area contributed by atoms with Crippen LogP contribution in [0.3, 0.4) is 0 Å². The Morgan fingerprint density at radius 2 is 2.04 bits per heavy atom. The third-order valence-electron chi connectivity index (χ3n) is 4.02. The minimum absolute atomic E-state index is 0.0331. The van der Waals surface area contributed by atoms with E-state index in [1.54, 1.807) is 0 Å². The summed E-state index contributed by atoms with van der Waals surface area (Å²) in [6, 6.07) is 4.89. The number of nitrogens with one attached hydrogen (secondary N) is 3. The van der Waals surface area contributed by atoms with E-state index in [-0.39, 0.29) is 12.2 Å². The average Bonchev–Trinajstić information content (AvgIpc) is 3.19. The third-order valence-corrected chi connectivity index (χ3v) is 4.02. The Morgan fingerprint density at radius 1 is 1.31 bits per heavy atom. The lowest BCUT2D eigenvalue weighted by molar-refractivity contribution is -0.124. The molecular formula is C16H17FN6O3. The molecule has 0 saturated carbocycles. The first-order chi connectivity index (χ1) is 12.4. The fraction of sp³-hybridized carbons (Fsp3) is 0.312. The van der Waals surface area contributed by atoms with Crippen molar-refractivity contribution in [3.05, 3.63) is 42.0 Å². The number of halogens is 1. The van der Waals surface area contributed by atoms with Crippen LogP contribution in [0.2, 0.25) is 0 Å². The smallest absolute Gasteiger partial charge is 0.322 e. The number of carbonyl (C=O) groups excluding carboxylic acids is 3. The van der Waals surface area contributed by atoms with Crippen molar-refractivity contribution in [2.45, 2.75) is 25.3 Å². The van der Waals surface area contributed by atoms with Crippen molar-refractivity contribution < 1.29 is 18.8 Å². The lowest BCUT2D eigenvalue weighted by Gasteiger charge is -2.25. The van der Waals surface area contributed by atoms with Gasteiger partial charge in [0, 0.05) is 0 Å². The molecule has 1 fully saturated rings. The third kappa shape index (κ3) is 3.39. The zero-order valence-corrected chi connectivity index (χ0v) is 14.0. The van der Waals surface area contributed by atoms with Crippen LogP contribution in [0, 0.1) is 5.82 Å². The molecule has 0 radical (unpaired) electrons. The Kier molecular flexibility index (Phi) is 4.65. The topological polar surface area (TPSA) is 118 Å². The second-order valence-corrected chi connectivity index (χ2v) is 5.92. The van der Waals surface area contributed by atoms with Crippen molar-refractivity contribution in [2.24, 2.45) is 0 Å². The standard InChI is InChI=1S/C16H17FN6O3/c1-2-7-16(14(25)20-15(26)21-16)9-18-13(24)12-8-19-23(22-12)11-5-3-10(17)4-6-11/h3-6,8H,2,7,9H2,1H3,(H,18,24)(H2,20,21,25,26)/t16-/m1/s1.